The highest BCUT2D eigenvalue weighted by atomic mass is 33.1. The maximum absolute atomic E-state index is 10.9. The van der Waals surface area contributed by atoms with Crippen molar-refractivity contribution >= 4 is 55.7 Å². The fourth-order valence-electron chi connectivity index (χ4n) is 4.07. The van der Waals surface area contributed by atoms with Gasteiger partial charge in [-0.15, -0.1) is 0 Å². The first kappa shape index (κ1) is 36.9. The van der Waals surface area contributed by atoms with Gasteiger partial charge in [-0.25, -0.2) is 4.98 Å². The molecular formula is C34H41N5O4S2. The molecule has 3 aromatic carbocycles. The van der Waals surface area contributed by atoms with E-state index in [4.69, 9.17) is 15.2 Å². The minimum absolute atomic E-state index is 0. The third kappa shape index (κ3) is 11.6. The van der Waals surface area contributed by atoms with E-state index in [0.29, 0.717) is 18.8 Å². The van der Waals surface area contributed by atoms with Gasteiger partial charge in [0.2, 0.25) is 5.91 Å². The van der Waals surface area contributed by atoms with E-state index >= 15 is 0 Å². The summed E-state index contributed by atoms with van der Waals surface area (Å²) in [7, 11) is 7.09. The Bertz CT molecular complexity index is 1590. The van der Waals surface area contributed by atoms with Gasteiger partial charge in [0.1, 0.15) is 24.1 Å². The number of esters is 1. The van der Waals surface area contributed by atoms with Crippen LogP contribution in [0, 0.1) is 18.3 Å². The number of hydrogen-bond donors (Lipinski definition) is 2. The third-order valence-corrected chi connectivity index (χ3v) is 8.84. The Hall–Kier alpha value is -4.24. The first-order valence-corrected chi connectivity index (χ1v) is 16.2. The molecule has 0 aliphatic rings. The Kier molecular flexibility index (Phi) is 15.8. The molecule has 0 saturated carbocycles. The molecule has 1 heterocycles. The van der Waals surface area contributed by atoms with E-state index in [0.717, 1.165) is 56.2 Å². The van der Waals surface area contributed by atoms with Crippen LogP contribution in [0.1, 0.15) is 37.6 Å². The lowest BCUT2D eigenvalue weighted by molar-refractivity contribution is -0.142. The topological polar surface area (TPSA) is 131 Å². The number of carbonyl (C=O) groups is 2. The third-order valence-electron chi connectivity index (χ3n) is 6.37. The quantitative estimate of drug-likeness (QED) is 0.0964. The molecular weight excluding hydrogens is 607 g/mol. The minimum Gasteiger partial charge on any atom is -0.496 e. The lowest BCUT2D eigenvalue weighted by Gasteiger charge is -2.22. The van der Waals surface area contributed by atoms with Crippen molar-refractivity contribution in [3.63, 3.8) is 0 Å². The van der Waals surface area contributed by atoms with Crippen molar-refractivity contribution in [2.24, 2.45) is 5.73 Å². The van der Waals surface area contributed by atoms with E-state index in [9.17, 15) is 14.9 Å². The average molecular weight is 648 g/mol. The molecule has 0 aliphatic heterocycles. The number of aryl methyl sites for hydroxylation is 1. The Labute approximate surface area is 273 Å². The normalized spacial score (nSPS) is 10.0. The number of benzene rings is 3. The molecule has 9 nitrogen and oxygen atoms in total. The zero-order chi connectivity index (χ0) is 31.9. The zero-order valence-corrected chi connectivity index (χ0v) is 27.0. The number of carbonyl (C=O) groups excluding carboxylic acids is 2. The van der Waals surface area contributed by atoms with Gasteiger partial charge in [-0.2, -0.15) is 5.26 Å². The molecule has 238 valence electrons. The average Bonchev–Trinajstić information content (AvgIpc) is 3.05. The number of nitrogens with one attached hydrogen (secondary N) is 1. The number of fused-ring (bicyclic) bond motifs is 1. The number of nitrogens with two attached hydrogens (primary N) is 1. The van der Waals surface area contributed by atoms with Crippen molar-refractivity contribution in [1.82, 2.24) is 10.3 Å². The number of methoxy groups -OCH3 is 1. The van der Waals surface area contributed by atoms with E-state index in [1.807, 2.05) is 80.7 Å². The Morgan fingerprint density at radius 1 is 1.09 bits per heavy atom. The maximum atomic E-state index is 10.9. The van der Waals surface area contributed by atoms with Crippen LogP contribution in [0.3, 0.4) is 0 Å². The number of amides is 1. The van der Waals surface area contributed by atoms with Crippen LogP contribution in [0.2, 0.25) is 0 Å². The molecule has 11 heteroatoms. The molecule has 1 aromatic heterocycles. The molecule has 0 atom stereocenters. The lowest BCUT2D eigenvalue weighted by Crippen LogP contribution is -2.31. The number of rotatable bonds is 12. The highest BCUT2D eigenvalue weighted by Crippen LogP contribution is 2.33. The highest BCUT2D eigenvalue weighted by Gasteiger charge is 2.12. The molecule has 45 heavy (non-hydrogen) atoms. The maximum Gasteiger partial charge on any atom is 0.302 e. The molecule has 0 fully saturated rings. The predicted octanol–water partition coefficient (Wildman–Crippen LogP) is 6.78. The molecule has 3 N–H and O–H groups in total. The number of hydrogen-bond acceptors (Lipinski definition) is 10. The number of pyridine rings is 1. The van der Waals surface area contributed by atoms with Gasteiger partial charge in [-0.3, -0.25) is 9.59 Å². The summed E-state index contributed by atoms with van der Waals surface area (Å²) < 4.78 is 10.2. The van der Waals surface area contributed by atoms with Crippen LogP contribution < -0.4 is 20.7 Å². The fraction of sp³-hybridized carbons (Fsp3) is 0.294. The van der Waals surface area contributed by atoms with Crippen LogP contribution in [0.5, 0.6) is 5.75 Å². The van der Waals surface area contributed by atoms with Crippen LogP contribution >= 0.6 is 21.6 Å². The molecule has 4 aromatic rings. The number of anilines is 2. The SMILES string of the molecule is C.CC(=O)OCc1ccc(SSCCCNC(=O)CN)cc1.COc1ccc(N(C)c2cc(C#N)nc3ccccc23)cc1C. The van der Waals surface area contributed by atoms with E-state index in [2.05, 4.69) is 27.3 Å². The molecule has 0 saturated heterocycles. The van der Waals surface area contributed by atoms with Gasteiger partial charge in [-0.1, -0.05) is 59.3 Å². The van der Waals surface area contributed by atoms with Crippen LogP contribution in [0.4, 0.5) is 11.4 Å². The second kappa shape index (κ2) is 19.2. The lowest BCUT2D eigenvalue weighted by atomic mass is 10.1. The van der Waals surface area contributed by atoms with Crippen LogP contribution in [0.25, 0.3) is 10.9 Å². The van der Waals surface area contributed by atoms with E-state index in [-0.39, 0.29) is 25.8 Å². The van der Waals surface area contributed by atoms with E-state index in [1.165, 1.54) is 6.92 Å². The van der Waals surface area contributed by atoms with Crippen molar-refractivity contribution in [2.75, 3.05) is 37.9 Å². The van der Waals surface area contributed by atoms with Gasteiger partial charge >= 0.3 is 5.97 Å². The summed E-state index contributed by atoms with van der Waals surface area (Å²) in [6.07, 6.45) is 0.911. The zero-order valence-electron chi connectivity index (χ0n) is 25.3. The largest absolute Gasteiger partial charge is 0.496 e. The molecule has 0 spiro atoms. The Morgan fingerprint density at radius 3 is 2.47 bits per heavy atom. The van der Waals surface area contributed by atoms with Crippen molar-refractivity contribution in [3.8, 4) is 11.8 Å². The number of nitriles is 1. The van der Waals surface area contributed by atoms with Crippen molar-refractivity contribution < 1.29 is 19.1 Å². The van der Waals surface area contributed by atoms with E-state index in [1.54, 1.807) is 28.7 Å². The van der Waals surface area contributed by atoms with Crippen molar-refractivity contribution in [2.45, 2.75) is 39.2 Å². The number of ether oxygens (including phenoxy) is 2. The first-order chi connectivity index (χ1) is 21.2. The second-order valence-corrected chi connectivity index (χ2v) is 12.1. The summed E-state index contributed by atoms with van der Waals surface area (Å²) in [4.78, 5) is 29.2. The number of nitrogens with zero attached hydrogens (tertiary/aromatic N) is 3. The number of para-hydroxylation sites is 1. The summed E-state index contributed by atoms with van der Waals surface area (Å²) in [5.41, 5.74) is 10.4. The predicted molar refractivity (Wildman–Crippen MR) is 186 cm³/mol. The minimum atomic E-state index is -0.272. The summed E-state index contributed by atoms with van der Waals surface area (Å²) in [6, 6.07) is 25.8. The summed E-state index contributed by atoms with van der Waals surface area (Å²) in [5.74, 6) is 1.42. The van der Waals surface area contributed by atoms with Crippen molar-refractivity contribution in [3.05, 3.63) is 89.6 Å². The molecule has 0 bridgehead atoms. The summed E-state index contributed by atoms with van der Waals surface area (Å²) in [5, 5.41) is 13.0. The second-order valence-electron chi connectivity index (χ2n) is 9.61. The van der Waals surface area contributed by atoms with Crippen LogP contribution in [0.15, 0.2) is 77.7 Å². The highest BCUT2D eigenvalue weighted by molar-refractivity contribution is 8.76. The standard InChI is InChI=1S/C19H17N3O.C14H20N2O3S2.CH4/c1-13-10-15(8-9-19(13)23-3)22(2)18-11-14(12-20)21-17-7-5-4-6-16(17)18;1-11(17)19-10-12-3-5-13(6-4-12)21-20-8-2-7-16-14(18)9-15;/h4-11H,1-3H3;3-6H,2,7-10,15H2,1H3,(H,16,18);1H4. The monoisotopic (exact) mass is 647 g/mol. The smallest absolute Gasteiger partial charge is 0.302 e. The molecule has 1 amide bonds. The molecule has 0 radical (unpaired) electrons. The summed E-state index contributed by atoms with van der Waals surface area (Å²) in [6.45, 7) is 4.43. The number of aromatic nitrogens is 1. The van der Waals surface area contributed by atoms with Gasteiger partial charge < -0.3 is 25.4 Å². The van der Waals surface area contributed by atoms with Gasteiger partial charge in [0.05, 0.1) is 24.9 Å². The molecule has 0 aliphatic carbocycles. The van der Waals surface area contributed by atoms with Gasteiger partial charge in [-0.05, 0) is 66.9 Å². The van der Waals surface area contributed by atoms with E-state index < -0.39 is 0 Å². The van der Waals surface area contributed by atoms with Gasteiger partial charge in [0, 0.05) is 42.2 Å². The Morgan fingerprint density at radius 2 is 1.82 bits per heavy atom. The van der Waals surface area contributed by atoms with Crippen LogP contribution in [-0.2, 0) is 20.9 Å². The Balaban J connectivity index is 0.000000308. The summed E-state index contributed by atoms with van der Waals surface area (Å²) >= 11 is 0. The van der Waals surface area contributed by atoms with Gasteiger partial charge in [0.25, 0.3) is 0 Å². The first-order valence-electron chi connectivity index (χ1n) is 13.9. The fourth-order valence-corrected chi connectivity index (χ4v) is 6.14. The van der Waals surface area contributed by atoms with Crippen LogP contribution in [-0.4, -0.2) is 49.9 Å². The van der Waals surface area contributed by atoms with Crippen molar-refractivity contribution in [1.29, 1.82) is 5.26 Å². The molecule has 4 rings (SSSR count). The van der Waals surface area contributed by atoms with Gasteiger partial charge in [0.15, 0.2) is 0 Å². The molecule has 0 unspecified atom stereocenters.